The monoisotopic (exact) mass is 498 g/mol. The predicted molar refractivity (Wildman–Crippen MR) is 142 cm³/mol. The van der Waals surface area contributed by atoms with Gasteiger partial charge in [-0.15, -0.1) is 10.2 Å². The van der Waals surface area contributed by atoms with E-state index in [9.17, 15) is 15.0 Å². The number of para-hydroxylation sites is 1. The number of aromatic nitrogens is 4. The molecule has 4 aromatic rings. The molecule has 6 rings (SSSR count). The molecule has 0 radical (unpaired) electrons. The van der Waals surface area contributed by atoms with Crippen LogP contribution in [-0.4, -0.2) is 62.3 Å². The third-order valence-corrected chi connectivity index (χ3v) is 7.67. The second kappa shape index (κ2) is 8.47. The van der Waals surface area contributed by atoms with Crippen molar-refractivity contribution >= 4 is 28.4 Å². The lowest BCUT2D eigenvalue weighted by molar-refractivity contribution is -0.140. The fourth-order valence-corrected chi connectivity index (χ4v) is 5.79. The normalized spacial score (nSPS) is 17.2. The van der Waals surface area contributed by atoms with Crippen molar-refractivity contribution in [1.82, 2.24) is 20.0 Å². The summed E-state index contributed by atoms with van der Waals surface area (Å²) in [6, 6.07) is 17.3. The number of aliphatic carboxylic acids is 1. The lowest BCUT2D eigenvalue weighted by Crippen LogP contribution is -2.72. The zero-order valence-electron chi connectivity index (χ0n) is 21.2. The van der Waals surface area contributed by atoms with E-state index in [1.807, 2.05) is 49.8 Å². The van der Waals surface area contributed by atoms with Crippen LogP contribution in [-0.2, 0) is 11.8 Å². The fourth-order valence-electron chi connectivity index (χ4n) is 5.79. The Labute approximate surface area is 215 Å². The SMILES string of the molecule is CC(C)C(C(=O)O)c1cc(N2CC3(CN(c4ccc5cc(-c6ccccc6O)nnc5c4)C3)C2)n(C)n1. The summed E-state index contributed by atoms with van der Waals surface area (Å²) >= 11 is 0. The molecule has 0 saturated carbocycles. The van der Waals surface area contributed by atoms with Crippen molar-refractivity contribution in [2.75, 3.05) is 36.0 Å². The molecule has 2 aliphatic rings. The minimum absolute atomic E-state index is 0.0214. The Morgan fingerprint density at radius 3 is 2.41 bits per heavy atom. The van der Waals surface area contributed by atoms with E-state index in [1.165, 1.54) is 0 Å². The number of aromatic hydroxyl groups is 1. The van der Waals surface area contributed by atoms with Gasteiger partial charge in [0.05, 0.1) is 16.9 Å². The summed E-state index contributed by atoms with van der Waals surface area (Å²) in [7, 11) is 1.89. The average molecular weight is 499 g/mol. The second-order valence-corrected chi connectivity index (χ2v) is 10.8. The van der Waals surface area contributed by atoms with Gasteiger partial charge >= 0.3 is 5.97 Å². The van der Waals surface area contributed by atoms with E-state index in [0.29, 0.717) is 17.0 Å². The van der Waals surface area contributed by atoms with Crippen LogP contribution in [0.5, 0.6) is 5.75 Å². The highest BCUT2D eigenvalue weighted by molar-refractivity contribution is 5.86. The highest BCUT2D eigenvalue weighted by atomic mass is 16.4. The quantitative estimate of drug-likeness (QED) is 0.412. The van der Waals surface area contributed by atoms with Crippen molar-refractivity contribution in [1.29, 1.82) is 0 Å². The van der Waals surface area contributed by atoms with Crippen LogP contribution in [0.3, 0.4) is 0 Å². The molecule has 2 saturated heterocycles. The number of carbonyl (C=O) groups is 1. The Morgan fingerprint density at radius 1 is 0.973 bits per heavy atom. The van der Waals surface area contributed by atoms with Gasteiger partial charge in [-0.3, -0.25) is 9.48 Å². The topological polar surface area (TPSA) is 108 Å². The fraction of sp³-hybridized carbons (Fsp3) is 0.357. The van der Waals surface area contributed by atoms with Gasteiger partial charge in [-0.2, -0.15) is 5.10 Å². The zero-order valence-corrected chi connectivity index (χ0v) is 21.2. The Morgan fingerprint density at radius 2 is 1.70 bits per heavy atom. The molecule has 190 valence electrons. The number of carboxylic acid groups (broad SMARTS) is 1. The zero-order chi connectivity index (χ0) is 25.9. The molecule has 0 aliphatic carbocycles. The minimum atomic E-state index is -0.830. The van der Waals surface area contributed by atoms with Crippen molar-refractivity contribution in [2.45, 2.75) is 19.8 Å². The molecule has 37 heavy (non-hydrogen) atoms. The molecule has 2 aromatic heterocycles. The van der Waals surface area contributed by atoms with Crippen molar-refractivity contribution in [3.8, 4) is 17.0 Å². The smallest absolute Gasteiger partial charge is 0.312 e. The number of aryl methyl sites for hydroxylation is 1. The maximum atomic E-state index is 11.7. The van der Waals surface area contributed by atoms with Gasteiger partial charge in [0, 0.05) is 61.3 Å². The lowest BCUT2D eigenvalue weighted by atomic mass is 9.72. The molecular weight excluding hydrogens is 468 g/mol. The molecule has 1 spiro atoms. The highest BCUT2D eigenvalue weighted by Gasteiger charge is 2.52. The molecule has 2 aromatic carbocycles. The summed E-state index contributed by atoms with van der Waals surface area (Å²) in [5, 5.41) is 34.1. The van der Waals surface area contributed by atoms with E-state index < -0.39 is 11.9 Å². The first-order valence-electron chi connectivity index (χ1n) is 12.6. The Hall–Kier alpha value is -4.14. The Kier molecular flexibility index (Phi) is 5.33. The minimum Gasteiger partial charge on any atom is -0.507 e. The Bertz CT molecular complexity index is 1500. The molecule has 4 heterocycles. The van der Waals surface area contributed by atoms with E-state index >= 15 is 0 Å². The molecule has 0 bridgehead atoms. The van der Waals surface area contributed by atoms with E-state index in [2.05, 4.69) is 43.3 Å². The maximum absolute atomic E-state index is 11.7. The van der Waals surface area contributed by atoms with Crippen molar-refractivity contribution in [3.63, 3.8) is 0 Å². The van der Waals surface area contributed by atoms with Crippen LogP contribution >= 0.6 is 0 Å². The van der Waals surface area contributed by atoms with Crippen LogP contribution in [0.2, 0.25) is 0 Å². The van der Waals surface area contributed by atoms with Gasteiger partial charge in [-0.25, -0.2) is 0 Å². The van der Waals surface area contributed by atoms with Crippen LogP contribution in [0, 0.1) is 11.3 Å². The van der Waals surface area contributed by atoms with Crippen LogP contribution < -0.4 is 9.80 Å². The van der Waals surface area contributed by atoms with E-state index in [4.69, 9.17) is 0 Å². The molecule has 9 heteroatoms. The summed E-state index contributed by atoms with van der Waals surface area (Å²) in [4.78, 5) is 16.4. The molecule has 1 atom stereocenters. The maximum Gasteiger partial charge on any atom is 0.312 e. The number of fused-ring (bicyclic) bond motifs is 1. The third kappa shape index (κ3) is 3.94. The lowest BCUT2D eigenvalue weighted by Gasteiger charge is -2.61. The molecule has 1 unspecified atom stereocenters. The number of benzene rings is 2. The summed E-state index contributed by atoms with van der Waals surface area (Å²) in [5.74, 6) is -0.278. The van der Waals surface area contributed by atoms with Gasteiger partial charge in [0.15, 0.2) is 0 Å². The van der Waals surface area contributed by atoms with Crippen LogP contribution in [0.1, 0.15) is 25.5 Å². The van der Waals surface area contributed by atoms with Crippen molar-refractivity contribution in [2.24, 2.45) is 18.4 Å². The summed E-state index contributed by atoms with van der Waals surface area (Å²) in [6.45, 7) is 7.62. The highest BCUT2D eigenvalue weighted by Crippen LogP contribution is 2.44. The number of phenols is 1. The molecule has 2 N–H and O–H groups in total. The molecule has 0 amide bonds. The number of phenolic OH excluding ortho intramolecular Hbond substituents is 1. The first kappa shape index (κ1) is 23.3. The van der Waals surface area contributed by atoms with E-state index in [0.717, 1.165) is 48.6 Å². The van der Waals surface area contributed by atoms with Gasteiger partial charge in [0.2, 0.25) is 0 Å². The molecular formula is C28H30N6O3. The first-order valence-corrected chi connectivity index (χ1v) is 12.6. The molecule has 2 fully saturated rings. The van der Waals surface area contributed by atoms with E-state index in [-0.39, 0.29) is 17.1 Å². The van der Waals surface area contributed by atoms with Gasteiger partial charge < -0.3 is 20.0 Å². The standard InChI is InChI=1S/C28H30N6O3/c1-17(2)26(27(36)37)23-12-25(32(3)31-23)34-15-28(16-34)13-33(14-28)19-9-8-18-10-22(30-29-21(18)11-19)20-6-4-5-7-24(20)35/h4-12,17,26,35H,13-16H2,1-3H3,(H,36,37). The average Bonchev–Trinajstić information content (AvgIpc) is 3.17. The number of hydrogen-bond acceptors (Lipinski definition) is 7. The second-order valence-electron chi connectivity index (χ2n) is 10.8. The number of hydrogen-bond donors (Lipinski definition) is 2. The first-order chi connectivity index (χ1) is 17.7. The van der Waals surface area contributed by atoms with Crippen molar-refractivity contribution in [3.05, 3.63) is 60.3 Å². The van der Waals surface area contributed by atoms with Gasteiger partial charge in [-0.1, -0.05) is 32.0 Å². The number of rotatable bonds is 6. The van der Waals surface area contributed by atoms with Crippen LogP contribution in [0.25, 0.3) is 22.2 Å². The Balaban J connectivity index is 1.12. The number of anilines is 2. The van der Waals surface area contributed by atoms with Gasteiger partial charge in [0.25, 0.3) is 0 Å². The predicted octanol–water partition coefficient (Wildman–Crippen LogP) is 3.89. The third-order valence-electron chi connectivity index (χ3n) is 7.67. The van der Waals surface area contributed by atoms with Crippen LogP contribution in [0.4, 0.5) is 11.5 Å². The number of carboxylic acids is 1. The molecule has 9 nitrogen and oxygen atoms in total. The largest absolute Gasteiger partial charge is 0.507 e. The van der Waals surface area contributed by atoms with Crippen LogP contribution in [0.15, 0.2) is 54.6 Å². The number of nitrogens with zero attached hydrogens (tertiary/aromatic N) is 6. The molecule has 2 aliphatic heterocycles. The summed E-state index contributed by atoms with van der Waals surface area (Å²) < 4.78 is 1.81. The van der Waals surface area contributed by atoms with Gasteiger partial charge in [0.1, 0.15) is 17.5 Å². The van der Waals surface area contributed by atoms with Gasteiger partial charge in [-0.05, 0) is 36.2 Å². The summed E-state index contributed by atoms with van der Waals surface area (Å²) in [6.07, 6.45) is 0. The van der Waals surface area contributed by atoms with Crippen molar-refractivity contribution < 1.29 is 15.0 Å². The summed E-state index contributed by atoms with van der Waals surface area (Å²) in [5.41, 5.74) is 4.14. The van der Waals surface area contributed by atoms with E-state index in [1.54, 1.807) is 12.1 Å².